The minimum Gasteiger partial charge on any atom is -0.756 e. The third-order valence-corrected chi connectivity index (χ3v) is 21.1. The maximum atomic E-state index is 12.9. The first-order valence-electron chi connectivity index (χ1n) is 44.9. The Bertz CT molecular complexity index is 2080. The molecular weight excluding hydrogens is 1300 g/mol. The van der Waals surface area contributed by atoms with Gasteiger partial charge in [-0.3, -0.25) is 14.2 Å². The number of carbonyl (C=O) groups is 2. The fourth-order valence-electron chi connectivity index (χ4n) is 13.3. The predicted octanol–water partition coefficient (Wildman–Crippen LogP) is 29.9. The highest BCUT2D eigenvalue weighted by atomic mass is 31.2. The van der Waals surface area contributed by atoms with Crippen LogP contribution in [0.5, 0.6) is 0 Å². The Morgan fingerprint density at radius 3 is 0.817 bits per heavy atom. The Hall–Kier alpha value is -3.07. The molecule has 10 heteroatoms. The number of quaternary nitrogens is 1. The van der Waals surface area contributed by atoms with E-state index in [-0.39, 0.29) is 32.0 Å². The topological polar surface area (TPSA) is 111 Å². The van der Waals surface area contributed by atoms with Gasteiger partial charge in [-0.15, -0.1) is 0 Å². The van der Waals surface area contributed by atoms with Gasteiger partial charge in [0, 0.05) is 12.8 Å². The number of ether oxygens (including phenoxy) is 2. The van der Waals surface area contributed by atoms with Crippen LogP contribution >= 0.6 is 7.82 Å². The van der Waals surface area contributed by atoms with Crippen molar-refractivity contribution in [1.29, 1.82) is 0 Å². The molecule has 0 saturated heterocycles. The summed E-state index contributed by atoms with van der Waals surface area (Å²) in [6, 6.07) is 0. The molecule has 0 heterocycles. The number of nitrogens with zero attached hydrogens (tertiary/aromatic N) is 1. The second-order valence-electron chi connectivity index (χ2n) is 31.6. The summed E-state index contributed by atoms with van der Waals surface area (Å²) in [7, 11) is 1.18. The zero-order valence-corrected chi connectivity index (χ0v) is 70.4. The molecule has 0 spiro atoms. The van der Waals surface area contributed by atoms with Gasteiger partial charge in [-0.25, -0.2) is 0 Å². The lowest BCUT2D eigenvalue weighted by molar-refractivity contribution is -0.870. The number of allylic oxidation sites excluding steroid dienone is 16. The number of carbonyl (C=O) groups excluding carboxylic acids is 2. The third kappa shape index (κ3) is 87.8. The van der Waals surface area contributed by atoms with Crippen molar-refractivity contribution in [3.63, 3.8) is 0 Å². The van der Waals surface area contributed by atoms with Crippen LogP contribution < -0.4 is 4.89 Å². The molecule has 606 valence electrons. The van der Waals surface area contributed by atoms with E-state index in [9.17, 15) is 19.0 Å². The molecule has 0 bridgehead atoms. The predicted molar refractivity (Wildman–Crippen MR) is 452 cm³/mol. The van der Waals surface area contributed by atoms with Crippen LogP contribution in [0, 0.1) is 0 Å². The van der Waals surface area contributed by atoms with E-state index in [1.807, 2.05) is 21.1 Å². The molecule has 0 aliphatic heterocycles. The minimum absolute atomic E-state index is 0.0306. The minimum atomic E-state index is -4.65. The van der Waals surface area contributed by atoms with Gasteiger partial charge >= 0.3 is 11.9 Å². The lowest BCUT2D eigenvalue weighted by Crippen LogP contribution is -2.37. The molecule has 104 heavy (non-hydrogen) atoms. The summed E-state index contributed by atoms with van der Waals surface area (Å²) in [5.41, 5.74) is 0. The molecule has 2 atom stereocenters. The van der Waals surface area contributed by atoms with Gasteiger partial charge in [0.05, 0.1) is 27.7 Å². The summed E-state index contributed by atoms with van der Waals surface area (Å²) in [4.78, 5) is 38.3. The van der Waals surface area contributed by atoms with Gasteiger partial charge in [-0.05, 0) is 77.0 Å². The standard InChI is InChI=1S/C94H172NO8P/c1-6-8-10-12-14-16-18-20-22-24-26-28-30-32-34-36-38-40-42-44-46-47-49-51-53-55-57-59-61-63-65-67-69-71-73-75-77-79-81-83-85-87-94(97)103-92(91-102-104(98,99)101-89-88-95(3,4)5)90-100-93(96)86-84-82-80-78-76-74-72-70-68-66-64-62-60-58-56-54-52-50-48-45-43-41-39-37-35-33-31-29-27-25-23-21-19-17-15-13-11-9-7-2/h8,10,14,16,20,22,26,28,32,34,38,40,44,46,49,51,92H,6-7,9,11-13,15,17-19,21,23-25,27,29-31,33,35-37,39,41-43,45,47-48,50,52-91H2,1-5H3/b10-8-,16-14-,22-20-,28-26-,34-32-,40-38-,46-44-,51-49-. The Morgan fingerprint density at radius 2 is 0.548 bits per heavy atom. The average molecular weight is 1480 g/mol. The normalized spacial score (nSPS) is 13.4. The fourth-order valence-corrected chi connectivity index (χ4v) is 14.1. The maximum absolute atomic E-state index is 12.9. The molecule has 0 radical (unpaired) electrons. The van der Waals surface area contributed by atoms with E-state index in [0.717, 1.165) is 89.9 Å². The highest BCUT2D eigenvalue weighted by Gasteiger charge is 2.22. The van der Waals surface area contributed by atoms with Gasteiger partial charge in [-0.1, -0.05) is 445 Å². The Balaban J connectivity index is 3.89. The van der Waals surface area contributed by atoms with Crippen LogP contribution in [0.3, 0.4) is 0 Å². The van der Waals surface area contributed by atoms with E-state index in [1.54, 1.807) is 0 Å². The largest absolute Gasteiger partial charge is 0.756 e. The van der Waals surface area contributed by atoms with Crippen LogP contribution in [-0.4, -0.2) is 70.0 Å². The number of hydrogen-bond donors (Lipinski definition) is 0. The van der Waals surface area contributed by atoms with E-state index in [1.165, 1.54) is 315 Å². The van der Waals surface area contributed by atoms with Gasteiger partial charge < -0.3 is 27.9 Å². The second kappa shape index (κ2) is 84.0. The number of likely N-dealkylation sites (N-methyl/N-ethyl adjacent to an activating group) is 1. The first-order valence-corrected chi connectivity index (χ1v) is 46.4. The van der Waals surface area contributed by atoms with Crippen molar-refractivity contribution >= 4 is 19.8 Å². The van der Waals surface area contributed by atoms with Crippen LogP contribution in [0.4, 0.5) is 0 Å². The van der Waals surface area contributed by atoms with Gasteiger partial charge in [0.1, 0.15) is 19.8 Å². The van der Waals surface area contributed by atoms with Crippen molar-refractivity contribution in [2.75, 3.05) is 47.5 Å². The van der Waals surface area contributed by atoms with E-state index >= 15 is 0 Å². The van der Waals surface area contributed by atoms with E-state index in [0.29, 0.717) is 17.4 Å². The monoisotopic (exact) mass is 1470 g/mol. The number of unbranched alkanes of at least 4 members (excludes halogenated alkanes) is 54. The Morgan fingerprint density at radius 1 is 0.308 bits per heavy atom. The molecule has 0 aliphatic rings. The van der Waals surface area contributed by atoms with Crippen LogP contribution in [-0.2, 0) is 32.7 Å². The summed E-state index contributed by atoms with van der Waals surface area (Å²) in [6.45, 7) is 4.19. The van der Waals surface area contributed by atoms with Crippen molar-refractivity contribution < 1.29 is 42.1 Å². The van der Waals surface area contributed by atoms with Gasteiger partial charge in [-0.2, -0.15) is 0 Å². The highest BCUT2D eigenvalue weighted by Crippen LogP contribution is 2.38. The molecule has 0 fully saturated rings. The zero-order chi connectivity index (χ0) is 75.4. The summed E-state index contributed by atoms with van der Waals surface area (Å²) >= 11 is 0. The summed E-state index contributed by atoms with van der Waals surface area (Å²) in [5, 5.41) is 0. The molecular formula is C94H172NO8P. The lowest BCUT2D eigenvalue weighted by atomic mass is 10.0. The first-order chi connectivity index (χ1) is 51.0. The van der Waals surface area contributed by atoms with Crippen molar-refractivity contribution in [2.24, 2.45) is 0 Å². The molecule has 9 nitrogen and oxygen atoms in total. The zero-order valence-electron chi connectivity index (χ0n) is 69.5. The van der Waals surface area contributed by atoms with Crippen molar-refractivity contribution in [3.8, 4) is 0 Å². The third-order valence-electron chi connectivity index (χ3n) is 20.1. The summed E-state index contributed by atoms with van der Waals surface area (Å²) in [6.07, 6.45) is 119. The summed E-state index contributed by atoms with van der Waals surface area (Å²) in [5.74, 6) is -0.813. The molecule has 0 rings (SSSR count). The first kappa shape index (κ1) is 101. The number of hydrogen-bond acceptors (Lipinski definition) is 8. The van der Waals surface area contributed by atoms with E-state index < -0.39 is 26.5 Å². The van der Waals surface area contributed by atoms with Gasteiger partial charge in [0.2, 0.25) is 0 Å². The molecule has 0 aliphatic carbocycles. The lowest BCUT2D eigenvalue weighted by Gasteiger charge is -2.28. The number of esters is 2. The number of phosphoric acid groups is 1. The molecule has 0 amide bonds. The molecule has 0 N–H and O–H groups in total. The Kier molecular flexibility index (Phi) is 81.5. The van der Waals surface area contributed by atoms with Crippen LogP contribution in [0.15, 0.2) is 97.2 Å². The number of phosphoric ester groups is 1. The smallest absolute Gasteiger partial charge is 0.306 e. The second-order valence-corrected chi connectivity index (χ2v) is 33.0. The van der Waals surface area contributed by atoms with Crippen LogP contribution in [0.2, 0.25) is 0 Å². The van der Waals surface area contributed by atoms with Gasteiger partial charge in [0.25, 0.3) is 7.82 Å². The quantitative estimate of drug-likeness (QED) is 0.0195. The molecule has 0 saturated carbocycles. The fraction of sp³-hybridized carbons (Fsp3) is 0.809. The summed E-state index contributed by atoms with van der Waals surface area (Å²) < 4.78 is 34.5. The van der Waals surface area contributed by atoms with Crippen molar-refractivity contribution in [1.82, 2.24) is 0 Å². The van der Waals surface area contributed by atoms with Crippen molar-refractivity contribution in [2.45, 2.75) is 444 Å². The molecule has 0 aromatic heterocycles. The van der Waals surface area contributed by atoms with E-state index in [2.05, 4.69) is 111 Å². The SMILES string of the molecule is CC/C=C\C/C=C\C/C=C\C/C=C\C/C=C\C/C=C\C/C=C\C/C=C\CCCCCCCCCCCCCCCCCCC(=O)OC(COC(=O)CCCCCCCCCCCCCCCCCCCCCCCCCCCCCCCCCCCCCCCCC)COP(=O)([O-])OCC[N+](C)(C)C. The maximum Gasteiger partial charge on any atom is 0.306 e. The Labute approximate surface area is 646 Å². The molecule has 0 aromatic carbocycles. The van der Waals surface area contributed by atoms with Gasteiger partial charge in [0.15, 0.2) is 6.10 Å². The van der Waals surface area contributed by atoms with E-state index in [4.69, 9.17) is 18.5 Å². The molecule has 0 aromatic rings. The number of rotatable bonds is 84. The average Bonchev–Trinajstić information content (AvgIpc) is 0.920. The molecule has 2 unspecified atom stereocenters. The van der Waals surface area contributed by atoms with Crippen LogP contribution in [0.1, 0.15) is 438 Å². The highest BCUT2D eigenvalue weighted by molar-refractivity contribution is 7.45. The van der Waals surface area contributed by atoms with Crippen molar-refractivity contribution in [3.05, 3.63) is 97.2 Å². The van der Waals surface area contributed by atoms with Crippen LogP contribution in [0.25, 0.3) is 0 Å².